The SMILES string of the molecule is CCOc1ccc(C(=O)CCC(=O)Nc2nc3c(s2)CCCCC3)cc1. The van der Waals surface area contributed by atoms with Crippen molar-refractivity contribution in [2.45, 2.75) is 51.9 Å². The molecule has 0 fully saturated rings. The zero-order valence-electron chi connectivity index (χ0n) is 15.0. The number of nitrogens with one attached hydrogen (secondary N) is 1. The number of Topliss-reactive ketones (excluding diaryl/α,β-unsaturated/α-hetero) is 1. The molecule has 0 saturated carbocycles. The molecule has 1 aromatic heterocycles. The van der Waals surface area contributed by atoms with Crippen LogP contribution in [0, 0.1) is 0 Å². The Balaban J connectivity index is 1.50. The molecule has 5 nitrogen and oxygen atoms in total. The maximum atomic E-state index is 12.2. The predicted octanol–water partition coefficient (Wildman–Crippen LogP) is 4.41. The van der Waals surface area contributed by atoms with Crippen molar-refractivity contribution < 1.29 is 14.3 Å². The van der Waals surface area contributed by atoms with Crippen molar-refractivity contribution in [1.29, 1.82) is 0 Å². The summed E-state index contributed by atoms with van der Waals surface area (Å²) in [4.78, 5) is 30.2. The Morgan fingerprint density at radius 2 is 1.88 bits per heavy atom. The van der Waals surface area contributed by atoms with E-state index in [1.165, 1.54) is 24.1 Å². The number of thiazole rings is 1. The van der Waals surface area contributed by atoms with E-state index in [0.29, 0.717) is 17.3 Å². The van der Waals surface area contributed by atoms with Gasteiger partial charge in [-0.05, 0) is 56.9 Å². The Morgan fingerprint density at radius 1 is 1.12 bits per heavy atom. The van der Waals surface area contributed by atoms with E-state index in [9.17, 15) is 9.59 Å². The zero-order chi connectivity index (χ0) is 18.4. The summed E-state index contributed by atoms with van der Waals surface area (Å²) in [6, 6.07) is 7.03. The summed E-state index contributed by atoms with van der Waals surface area (Å²) in [5.41, 5.74) is 1.73. The fourth-order valence-corrected chi connectivity index (χ4v) is 4.11. The minimum absolute atomic E-state index is 0.0434. The highest BCUT2D eigenvalue weighted by atomic mass is 32.1. The molecule has 0 atom stereocenters. The second-order valence-electron chi connectivity index (χ2n) is 6.38. The number of aryl methyl sites for hydroxylation is 2. The normalized spacial score (nSPS) is 13.6. The highest BCUT2D eigenvalue weighted by Gasteiger charge is 2.16. The average molecular weight is 372 g/mol. The minimum Gasteiger partial charge on any atom is -0.494 e. The zero-order valence-corrected chi connectivity index (χ0v) is 15.9. The number of aromatic nitrogens is 1. The molecule has 0 unspecified atom stereocenters. The quantitative estimate of drug-likeness (QED) is 0.577. The van der Waals surface area contributed by atoms with Crippen molar-refractivity contribution in [2.75, 3.05) is 11.9 Å². The molecule has 6 heteroatoms. The van der Waals surface area contributed by atoms with Gasteiger partial charge in [0.25, 0.3) is 0 Å². The number of hydrogen-bond donors (Lipinski definition) is 1. The molecule has 1 heterocycles. The molecular weight excluding hydrogens is 348 g/mol. The molecule has 1 aromatic carbocycles. The van der Waals surface area contributed by atoms with E-state index in [2.05, 4.69) is 10.3 Å². The molecule has 0 saturated heterocycles. The number of ether oxygens (including phenoxy) is 1. The molecule has 2 aromatic rings. The molecule has 1 aliphatic rings. The van der Waals surface area contributed by atoms with Gasteiger partial charge < -0.3 is 10.1 Å². The van der Waals surface area contributed by atoms with Crippen LogP contribution in [0.15, 0.2) is 24.3 Å². The van der Waals surface area contributed by atoms with Crippen LogP contribution in [0.3, 0.4) is 0 Å². The van der Waals surface area contributed by atoms with Gasteiger partial charge in [0, 0.05) is 23.3 Å². The molecule has 1 N–H and O–H groups in total. The van der Waals surface area contributed by atoms with Crippen LogP contribution in [0.4, 0.5) is 5.13 Å². The van der Waals surface area contributed by atoms with Gasteiger partial charge in [0.15, 0.2) is 10.9 Å². The van der Waals surface area contributed by atoms with Crippen LogP contribution in [0.5, 0.6) is 5.75 Å². The van der Waals surface area contributed by atoms with Crippen molar-refractivity contribution in [3.63, 3.8) is 0 Å². The Bertz CT molecular complexity index is 744. The molecule has 0 radical (unpaired) electrons. The van der Waals surface area contributed by atoms with Gasteiger partial charge >= 0.3 is 0 Å². The second kappa shape index (κ2) is 8.94. The Labute approximate surface area is 157 Å². The van der Waals surface area contributed by atoms with Crippen LogP contribution in [-0.2, 0) is 17.6 Å². The fourth-order valence-electron chi connectivity index (χ4n) is 3.04. The third-order valence-corrected chi connectivity index (χ3v) is 5.48. The topological polar surface area (TPSA) is 68.3 Å². The summed E-state index contributed by atoms with van der Waals surface area (Å²) in [5, 5.41) is 3.51. The molecule has 1 aliphatic carbocycles. The number of hydrogen-bond acceptors (Lipinski definition) is 5. The monoisotopic (exact) mass is 372 g/mol. The highest BCUT2D eigenvalue weighted by molar-refractivity contribution is 7.15. The minimum atomic E-state index is -0.159. The summed E-state index contributed by atoms with van der Waals surface area (Å²) < 4.78 is 5.37. The number of benzene rings is 1. The van der Waals surface area contributed by atoms with Crippen LogP contribution in [0.1, 0.15) is 60.0 Å². The van der Waals surface area contributed by atoms with Crippen molar-refractivity contribution in [2.24, 2.45) is 0 Å². The standard InChI is InChI=1S/C20H24N2O3S/c1-2-25-15-10-8-14(9-11-15)17(23)12-13-19(24)22-20-21-16-6-4-3-5-7-18(16)26-20/h8-11H,2-7,12-13H2,1H3,(H,21,22,24). The number of fused-ring (bicyclic) bond motifs is 1. The van der Waals surface area contributed by atoms with E-state index in [0.717, 1.165) is 24.3 Å². The number of carbonyl (C=O) groups excluding carboxylic acids is 2. The summed E-state index contributed by atoms with van der Waals surface area (Å²) >= 11 is 1.57. The largest absolute Gasteiger partial charge is 0.494 e. The molecule has 3 rings (SSSR count). The third kappa shape index (κ3) is 4.91. The van der Waals surface area contributed by atoms with Crippen LogP contribution in [0.2, 0.25) is 0 Å². The van der Waals surface area contributed by atoms with Crippen LogP contribution in [-0.4, -0.2) is 23.3 Å². The van der Waals surface area contributed by atoms with Crippen LogP contribution in [0.25, 0.3) is 0 Å². The molecular formula is C20H24N2O3S. The second-order valence-corrected chi connectivity index (χ2v) is 7.46. The van der Waals surface area contributed by atoms with E-state index in [4.69, 9.17) is 4.74 Å². The maximum Gasteiger partial charge on any atom is 0.226 e. The van der Waals surface area contributed by atoms with Gasteiger partial charge in [-0.1, -0.05) is 6.42 Å². The first-order chi connectivity index (χ1) is 12.7. The van der Waals surface area contributed by atoms with E-state index >= 15 is 0 Å². The van der Waals surface area contributed by atoms with E-state index in [1.54, 1.807) is 35.6 Å². The summed E-state index contributed by atoms with van der Waals surface area (Å²) in [6.45, 7) is 2.51. The number of rotatable bonds is 7. The van der Waals surface area contributed by atoms with Gasteiger partial charge in [-0.2, -0.15) is 0 Å². The molecule has 138 valence electrons. The number of carbonyl (C=O) groups is 2. The highest BCUT2D eigenvalue weighted by Crippen LogP contribution is 2.29. The molecule has 0 bridgehead atoms. The van der Waals surface area contributed by atoms with Crippen molar-refractivity contribution in [1.82, 2.24) is 4.98 Å². The lowest BCUT2D eigenvalue weighted by molar-refractivity contribution is -0.116. The molecule has 1 amide bonds. The van der Waals surface area contributed by atoms with E-state index in [-0.39, 0.29) is 24.5 Å². The van der Waals surface area contributed by atoms with Gasteiger partial charge in [-0.15, -0.1) is 11.3 Å². The smallest absolute Gasteiger partial charge is 0.226 e. The first kappa shape index (κ1) is 18.6. The van der Waals surface area contributed by atoms with Crippen molar-refractivity contribution in [3.8, 4) is 5.75 Å². The van der Waals surface area contributed by atoms with Crippen molar-refractivity contribution in [3.05, 3.63) is 40.4 Å². The van der Waals surface area contributed by atoms with Gasteiger partial charge in [-0.25, -0.2) is 4.98 Å². The summed E-state index contributed by atoms with van der Waals surface area (Å²) in [7, 11) is 0. The van der Waals surface area contributed by atoms with Crippen LogP contribution >= 0.6 is 11.3 Å². The Hall–Kier alpha value is -2.21. The Kier molecular flexibility index (Phi) is 6.39. The van der Waals surface area contributed by atoms with Gasteiger partial charge in [-0.3, -0.25) is 9.59 Å². The van der Waals surface area contributed by atoms with Gasteiger partial charge in [0.2, 0.25) is 5.91 Å². The lowest BCUT2D eigenvalue weighted by Crippen LogP contribution is -2.13. The average Bonchev–Trinajstić information content (AvgIpc) is 2.88. The first-order valence-electron chi connectivity index (χ1n) is 9.20. The predicted molar refractivity (Wildman–Crippen MR) is 103 cm³/mol. The molecule has 0 spiro atoms. The molecule has 0 aliphatic heterocycles. The Morgan fingerprint density at radius 3 is 2.65 bits per heavy atom. The molecule has 26 heavy (non-hydrogen) atoms. The van der Waals surface area contributed by atoms with Gasteiger partial charge in [0.05, 0.1) is 12.3 Å². The van der Waals surface area contributed by atoms with Gasteiger partial charge in [0.1, 0.15) is 5.75 Å². The number of nitrogens with zero attached hydrogens (tertiary/aromatic N) is 1. The number of anilines is 1. The number of amides is 1. The number of ketones is 1. The summed E-state index contributed by atoms with van der Waals surface area (Å²) in [6.07, 6.45) is 6.01. The van der Waals surface area contributed by atoms with E-state index in [1.807, 2.05) is 6.92 Å². The maximum absolute atomic E-state index is 12.2. The lowest BCUT2D eigenvalue weighted by Gasteiger charge is -2.05. The fraction of sp³-hybridized carbons (Fsp3) is 0.450. The first-order valence-corrected chi connectivity index (χ1v) is 10.0. The summed E-state index contributed by atoms with van der Waals surface area (Å²) in [5.74, 6) is 0.539. The van der Waals surface area contributed by atoms with Crippen LogP contribution < -0.4 is 10.1 Å². The van der Waals surface area contributed by atoms with Crippen molar-refractivity contribution >= 4 is 28.2 Å². The lowest BCUT2D eigenvalue weighted by atomic mass is 10.1. The van der Waals surface area contributed by atoms with E-state index < -0.39 is 0 Å². The third-order valence-electron chi connectivity index (χ3n) is 4.41.